The van der Waals surface area contributed by atoms with E-state index in [2.05, 4.69) is 10.2 Å². The lowest BCUT2D eigenvalue weighted by molar-refractivity contribution is -0.120. The van der Waals surface area contributed by atoms with Crippen LogP contribution in [0.4, 0.5) is 17.1 Å². The number of benzene rings is 3. The maximum absolute atomic E-state index is 13.4. The summed E-state index contributed by atoms with van der Waals surface area (Å²) in [5, 5.41) is 3.68. The Kier molecular flexibility index (Phi) is 5.41. The summed E-state index contributed by atoms with van der Waals surface area (Å²) in [7, 11) is 0. The Hall–Kier alpha value is -3.57. The Morgan fingerprint density at radius 2 is 1.47 bits per heavy atom. The molecule has 5 rings (SSSR count). The van der Waals surface area contributed by atoms with E-state index in [0.29, 0.717) is 21.8 Å². The zero-order valence-corrected chi connectivity index (χ0v) is 18.2. The van der Waals surface area contributed by atoms with E-state index in [1.807, 2.05) is 54.6 Å². The fourth-order valence-electron chi connectivity index (χ4n) is 4.24. The molecule has 2 aliphatic rings. The maximum Gasteiger partial charge on any atom is 0.282 e. The molecule has 1 N–H and O–H groups in total. The molecule has 2 amide bonds. The topological polar surface area (TPSA) is 52.7 Å². The van der Waals surface area contributed by atoms with Gasteiger partial charge in [0.15, 0.2) is 0 Å². The second-order valence-electron chi connectivity index (χ2n) is 7.91. The van der Waals surface area contributed by atoms with E-state index in [-0.39, 0.29) is 11.6 Å². The predicted molar refractivity (Wildman–Crippen MR) is 129 cm³/mol. The van der Waals surface area contributed by atoms with Crippen LogP contribution in [0.1, 0.15) is 18.4 Å². The number of carbonyl (C=O) groups excluding carboxylic acids is 2. The molecule has 5 nitrogen and oxygen atoms in total. The van der Waals surface area contributed by atoms with Crippen molar-refractivity contribution in [1.29, 1.82) is 0 Å². The Bertz CT molecular complexity index is 1200. The largest absolute Gasteiger partial charge is 0.372 e. The number of amides is 2. The lowest BCUT2D eigenvalue weighted by atomic mass is 10.0. The summed E-state index contributed by atoms with van der Waals surface area (Å²) < 4.78 is 0. The molecule has 0 atom stereocenters. The third-order valence-electron chi connectivity index (χ3n) is 5.82. The molecule has 1 saturated heterocycles. The molecule has 0 aliphatic carbocycles. The molecule has 6 heteroatoms. The fraction of sp³-hybridized carbons (Fsp3) is 0.154. The Morgan fingerprint density at radius 1 is 0.750 bits per heavy atom. The molecule has 0 bridgehead atoms. The van der Waals surface area contributed by atoms with Crippen molar-refractivity contribution in [3.05, 3.63) is 95.1 Å². The first-order valence-corrected chi connectivity index (χ1v) is 11.1. The summed E-state index contributed by atoms with van der Waals surface area (Å²) in [6.07, 6.45) is 2.42. The average molecular weight is 444 g/mol. The van der Waals surface area contributed by atoms with Gasteiger partial charge in [0, 0.05) is 29.5 Å². The molecule has 1 fully saturated rings. The van der Waals surface area contributed by atoms with Gasteiger partial charge in [-0.15, -0.1) is 0 Å². The van der Waals surface area contributed by atoms with Crippen molar-refractivity contribution in [1.82, 2.24) is 0 Å². The summed E-state index contributed by atoms with van der Waals surface area (Å²) in [4.78, 5) is 30.4. The van der Waals surface area contributed by atoms with E-state index in [9.17, 15) is 9.59 Å². The highest BCUT2D eigenvalue weighted by molar-refractivity contribution is 6.46. The van der Waals surface area contributed by atoms with Crippen LogP contribution in [0.3, 0.4) is 0 Å². The van der Waals surface area contributed by atoms with Gasteiger partial charge < -0.3 is 10.2 Å². The van der Waals surface area contributed by atoms with Crippen molar-refractivity contribution >= 4 is 46.1 Å². The number of hydrogen-bond donors (Lipinski definition) is 1. The van der Waals surface area contributed by atoms with Crippen LogP contribution in [0.15, 0.2) is 84.6 Å². The van der Waals surface area contributed by atoms with E-state index in [0.717, 1.165) is 18.8 Å². The molecule has 0 unspecified atom stereocenters. The first-order chi connectivity index (χ1) is 15.6. The molecule has 160 valence electrons. The van der Waals surface area contributed by atoms with Gasteiger partial charge >= 0.3 is 0 Å². The highest BCUT2D eigenvalue weighted by Crippen LogP contribution is 2.34. The highest BCUT2D eigenvalue weighted by atomic mass is 35.5. The van der Waals surface area contributed by atoms with Crippen LogP contribution < -0.4 is 15.1 Å². The summed E-state index contributed by atoms with van der Waals surface area (Å²) in [6.45, 7) is 2.13. The summed E-state index contributed by atoms with van der Waals surface area (Å²) in [6, 6.07) is 24.0. The number of hydrogen-bond acceptors (Lipinski definition) is 4. The molecule has 0 saturated carbocycles. The van der Waals surface area contributed by atoms with Crippen molar-refractivity contribution in [3.63, 3.8) is 0 Å². The molecular formula is C26H22ClN3O2. The minimum absolute atomic E-state index is 0.259. The SMILES string of the molecule is O=C1C(Nc2ccc(N3CCCC3)cc2)=C(c2ccccc2)C(=O)N1c1cccc(Cl)c1. The molecule has 32 heavy (non-hydrogen) atoms. The normalized spacial score (nSPS) is 16.3. The quantitative estimate of drug-likeness (QED) is 0.541. The van der Waals surface area contributed by atoms with Gasteiger partial charge in [0.05, 0.1) is 11.3 Å². The molecule has 0 spiro atoms. The zero-order valence-electron chi connectivity index (χ0n) is 17.4. The van der Waals surface area contributed by atoms with Gasteiger partial charge in [-0.1, -0.05) is 48.0 Å². The van der Waals surface area contributed by atoms with E-state index in [1.165, 1.54) is 23.4 Å². The molecule has 3 aromatic rings. The number of halogens is 1. The summed E-state index contributed by atoms with van der Waals surface area (Å²) in [5.74, 6) is -0.778. The third kappa shape index (κ3) is 3.76. The monoisotopic (exact) mass is 443 g/mol. The zero-order chi connectivity index (χ0) is 22.1. The van der Waals surface area contributed by atoms with Gasteiger partial charge in [0.25, 0.3) is 11.8 Å². The highest BCUT2D eigenvalue weighted by Gasteiger charge is 2.40. The first kappa shape index (κ1) is 20.3. The van der Waals surface area contributed by atoms with Crippen LogP contribution >= 0.6 is 11.6 Å². The molecule has 0 radical (unpaired) electrons. The second kappa shape index (κ2) is 8.52. The van der Waals surface area contributed by atoms with Crippen LogP contribution in [0.25, 0.3) is 5.57 Å². The van der Waals surface area contributed by atoms with E-state index in [1.54, 1.807) is 24.3 Å². The number of anilines is 3. The Labute approximate surface area is 191 Å². The van der Waals surface area contributed by atoms with Gasteiger partial charge in [-0.3, -0.25) is 9.59 Å². The summed E-state index contributed by atoms with van der Waals surface area (Å²) >= 11 is 6.12. The van der Waals surface area contributed by atoms with E-state index < -0.39 is 5.91 Å². The number of nitrogens with zero attached hydrogens (tertiary/aromatic N) is 2. The molecule has 2 aliphatic heterocycles. The number of rotatable bonds is 5. The molecule has 0 aromatic heterocycles. The Balaban J connectivity index is 1.51. The van der Waals surface area contributed by atoms with Gasteiger partial charge in [-0.25, -0.2) is 4.90 Å². The molecule has 3 aromatic carbocycles. The van der Waals surface area contributed by atoms with Crippen LogP contribution in [-0.4, -0.2) is 24.9 Å². The lowest BCUT2D eigenvalue weighted by Crippen LogP contribution is -2.32. The minimum atomic E-state index is -0.403. The van der Waals surface area contributed by atoms with Crippen molar-refractivity contribution in [2.45, 2.75) is 12.8 Å². The Morgan fingerprint density at radius 3 is 2.16 bits per heavy atom. The lowest BCUT2D eigenvalue weighted by Gasteiger charge is -2.18. The minimum Gasteiger partial charge on any atom is -0.372 e. The number of imide groups is 1. The van der Waals surface area contributed by atoms with Gasteiger partial charge in [-0.2, -0.15) is 0 Å². The van der Waals surface area contributed by atoms with Crippen LogP contribution in [-0.2, 0) is 9.59 Å². The van der Waals surface area contributed by atoms with E-state index in [4.69, 9.17) is 11.6 Å². The smallest absolute Gasteiger partial charge is 0.282 e. The molecular weight excluding hydrogens is 422 g/mol. The van der Waals surface area contributed by atoms with Crippen LogP contribution in [0, 0.1) is 0 Å². The molecule has 2 heterocycles. The third-order valence-corrected chi connectivity index (χ3v) is 6.06. The summed E-state index contributed by atoms with van der Waals surface area (Å²) in [5.41, 5.74) is 3.66. The first-order valence-electron chi connectivity index (χ1n) is 10.7. The fourth-order valence-corrected chi connectivity index (χ4v) is 4.43. The number of nitrogens with one attached hydrogen (secondary N) is 1. The maximum atomic E-state index is 13.4. The van der Waals surface area contributed by atoms with E-state index >= 15 is 0 Å². The second-order valence-corrected chi connectivity index (χ2v) is 8.34. The van der Waals surface area contributed by atoms with Crippen LogP contribution in [0.5, 0.6) is 0 Å². The van der Waals surface area contributed by atoms with Gasteiger partial charge in [0.2, 0.25) is 0 Å². The van der Waals surface area contributed by atoms with Gasteiger partial charge in [0.1, 0.15) is 5.70 Å². The standard InChI is InChI=1S/C26H22ClN3O2/c27-19-9-6-10-22(17-19)30-25(31)23(18-7-2-1-3-8-18)24(26(30)32)28-20-11-13-21(14-12-20)29-15-4-5-16-29/h1-3,6-14,17,28H,4-5,15-16H2. The van der Waals surface area contributed by atoms with Crippen LogP contribution in [0.2, 0.25) is 5.02 Å². The number of carbonyl (C=O) groups is 2. The average Bonchev–Trinajstić information content (AvgIpc) is 3.42. The van der Waals surface area contributed by atoms with Crippen molar-refractivity contribution in [3.8, 4) is 0 Å². The predicted octanol–water partition coefficient (Wildman–Crippen LogP) is 5.34. The van der Waals surface area contributed by atoms with Crippen molar-refractivity contribution < 1.29 is 9.59 Å². The van der Waals surface area contributed by atoms with Crippen molar-refractivity contribution in [2.24, 2.45) is 0 Å². The van der Waals surface area contributed by atoms with Gasteiger partial charge in [-0.05, 0) is 60.9 Å². The van der Waals surface area contributed by atoms with Crippen molar-refractivity contribution in [2.75, 3.05) is 28.2 Å².